The summed E-state index contributed by atoms with van der Waals surface area (Å²) in [7, 11) is 0. The third-order valence-electron chi connectivity index (χ3n) is 5.58. The SMILES string of the molecule is CCCCCCOC(=O)c1ccccc1N/C=C(\C#N)c1nc(-c2cc3cc(Br)ccc3oc2=O)cs1. The molecule has 4 aromatic rings. The van der Waals surface area contributed by atoms with Gasteiger partial charge >= 0.3 is 11.6 Å². The quantitative estimate of drug-likeness (QED) is 0.0905. The monoisotopic (exact) mass is 577 g/mol. The number of benzene rings is 2. The molecule has 0 amide bonds. The molecular weight excluding hydrogens is 554 g/mol. The molecule has 2 aromatic heterocycles. The molecule has 188 valence electrons. The van der Waals surface area contributed by atoms with Crippen molar-refractivity contribution in [1.82, 2.24) is 4.98 Å². The average Bonchev–Trinajstić information content (AvgIpc) is 3.38. The van der Waals surface area contributed by atoms with Gasteiger partial charge in [-0.1, -0.05) is 54.2 Å². The fraction of sp³-hybridized carbons (Fsp3) is 0.214. The Morgan fingerprint density at radius 2 is 2.05 bits per heavy atom. The summed E-state index contributed by atoms with van der Waals surface area (Å²) in [4.78, 5) is 29.6. The Balaban J connectivity index is 1.53. The van der Waals surface area contributed by atoms with Crippen LogP contribution < -0.4 is 10.9 Å². The standard InChI is InChI=1S/C28H24BrN3O4S/c1-2-3-4-7-12-35-27(33)21-8-5-6-9-23(21)31-16-19(15-30)26-32-24(17-37-26)22-14-18-13-20(29)10-11-25(18)36-28(22)34/h5-6,8-11,13-14,16-17,31H,2-4,7,12H2,1H3/b19-16+. The number of thiazole rings is 1. The first-order valence-corrected chi connectivity index (χ1v) is 13.5. The van der Waals surface area contributed by atoms with Crippen molar-refractivity contribution >= 4 is 55.5 Å². The average molecular weight is 578 g/mol. The molecule has 7 nitrogen and oxygen atoms in total. The molecule has 0 radical (unpaired) electrons. The topological polar surface area (TPSA) is 105 Å². The second-order valence-electron chi connectivity index (χ2n) is 8.22. The summed E-state index contributed by atoms with van der Waals surface area (Å²) in [6, 6.07) is 16.2. The van der Waals surface area contributed by atoms with Gasteiger partial charge in [0.25, 0.3) is 0 Å². The van der Waals surface area contributed by atoms with Crippen LogP contribution in [0.4, 0.5) is 5.69 Å². The highest BCUT2D eigenvalue weighted by Gasteiger charge is 2.15. The molecule has 37 heavy (non-hydrogen) atoms. The van der Waals surface area contributed by atoms with E-state index in [9.17, 15) is 14.9 Å². The predicted octanol–water partition coefficient (Wildman–Crippen LogP) is 7.39. The number of ether oxygens (including phenoxy) is 1. The van der Waals surface area contributed by atoms with Crippen molar-refractivity contribution in [2.45, 2.75) is 32.6 Å². The Kier molecular flexibility index (Phi) is 8.88. The van der Waals surface area contributed by atoms with Gasteiger partial charge in [0.2, 0.25) is 0 Å². The fourth-order valence-electron chi connectivity index (χ4n) is 3.64. The third-order valence-corrected chi connectivity index (χ3v) is 6.94. The van der Waals surface area contributed by atoms with Crippen molar-refractivity contribution in [3.8, 4) is 17.3 Å². The number of aromatic nitrogens is 1. The summed E-state index contributed by atoms with van der Waals surface area (Å²) < 4.78 is 11.7. The highest BCUT2D eigenvalue weighted by atomic mass is 79.9. The van der Waals surface area contributed by atoms with Crippen LogP contribution in [0.3, 0.4) is 0 Å². The smallest absolute Gasteiger partial charge is 0.345 e. The van der Waals surface area contributed by atoms with Gasteiger partial charge in [-0.2, -0.15) is 5.26 Å². The first kappa shape index (κ1) is 26.3. The van der Waals surface area contributed by atoms with Crippen LogP contribution in [0, 0.1) is 11.3 Å². The summed E-state index contributed by atoms with van der Waals surface area (Å²) in [5, 5.41) is 15.7. The zero-order chi connectivity index (χ0) is 26.2. The molecule has 0 spiro atoms. The van der Waals surface area contributed by atoms with Gasteiger partial charge in [0.15, 0.2) is 0 Å². The van der Waals surface area contributed by atoms with E-state index in [0.717, 1.165) is 35.5 Å². The molecule has 0 aliphatic rings. The lowest BCUT2D eigenvalue weighted by molar-refractivity contribution is 0.0499. The fourth-order valence-corrected chi connectivity index (χ4v) is 4.81. The summed E-state index contributed by atoms with van der Waals surface area (Å²) >= 11 is 4.66. The zero-order valence-electron chi connectivity index (χ0n) is 20.1. The third kappa shape index (κ3) is 6.53. The number of unbranched alkanes of at least 4 members (excludes halogenated alkanes) is 3. The van der Waals surface area contributed by atoms with Gasteiger partial charge in [-0.15, -0.1) is 11.3 Å². The number of nitrogens with zero attached hydrogens (tertiary/aromatic N) is 2. The number of carbonyl (C=O) groups is 1. The summed E-state index contributed by atoms with van der Waals surface area (Å²) in [6.07, 6.45) is 5.57. The number of carbonyl (C=O) groups excluding carboxylic acids is 1. The van der Waals surface area contributed by atoms with E-state index in [0.29, 0.717) is 39.7 Å². The number of rotatable bonds is 10. The van der Waals surface area contributed by atoms with Crippen molar-refractivity contribution in [3.63, 3.8) is 0 Å². The van der Waals surface area contributed by atoms with Crippen molar-refractivity contribution in [2.75, 3.05) is 11.9 Å². The van der Waals surface area contributed by atoms with Crippen LogP contribution in [0.1, 0.15) is 48.0 Å². The maximum absolute atomic E-state index is 12.6. The number of hydrogen-bond acceptors (Lipinski definition) is 8. The van der Waals surface area contributed by atoms with Crippen molar-refractivity contribution in [3.05, 3.63) is 85.6 Å². The molecule has 0 atom stereocenters. The van der Waals surface area contributed by atoms with Crippen LogP contribution in [-0.2, 0) is 4.74 Å². The summed E-state index contributed by atoms with van der Waals surface area (Å²) in [5.74, 6) is -0.419. The molecule has 0 saturated heterocycles. The number of nitrogens with one attached hydrogen (secondary N) is 1. The Morgan fingerprint density at radius 3 is 2.86 bits per heavy atom. The van der Waals surface area contributed by atoms with E-state index in [4.69, 9.17) is 9.15 Å². The molecule has 0 fully saturated rings. The van der Waals surface area contributed by atoms with Gasteiger partial charge in [-0.25, -0.2) is 14.6 Å². The molecule has 0 saturated carbocycles. The minimum atomic E-state index is -0.505. The number of fused-ring (bicyclic) bond motifs is 1. The normalized spacial score (nSPS) is 11.3. The molecule has 1 N–H and O–H groups in total. The molecule has 0 aliphatic heterocycles. The number of halogens is 1. The predicted molar refractivity (Wildman–Crippen MR) is 149 cm³/mol. The first-order valence-electron chi connectivity index (χ1n) is 11.8. The molecular formula is C28H24BrN3O4S. The number of hydrogen-bond donors (Lipinski definition) is 1. The van der Waals surface area contributed by atoms with E-state index in [2.05, 4.69) is 39.2 Å². The number of allylic oxidation sites excluding steroid dienone is 1. The molecule has 0 unspecified atom stereocenters. The minimum absolute atomic E-state index is 0.256. The lowest BCUT2D eigenvalue weighted by atomic mass is 10.1. The highest BCUT2D eigenvalue weighted by molar-refractivity contribution is 9.10. The molecule has 4 rings (SSSR count). The Bertz CT molecular complexity index is 1550. The molecule has 9 heteroatoms. The second-order valence-corrected chi connectivity index (χ2v) is 10.00. The van der Waals surface area contributed by atoms with Gasteiger partial charge in [-0.3, -0.25) is 0 Å². The van der Waals surface area contributed by atoms with Crippen LogP contribution in [0.5, 0.6) is 0 Å². The van der Waals surface area contributed by atoms with Gasteiger partial charge in [-0.05, 0) is 42.8 Å². The number of nitriles is 1. The van der Waals surface area contributed by atoms with Crippen LogP contribution in [-0.4, -0.2) is 17.6 Å². The van der Waals surface area contributed by atoms with E-state index in [-0.39, 0.29) is 5.57 Å². The van der Waals surface area contributed by atoms with Gasteiger partial charge in [0.05, 0.1) is 29.1 Å². The molecule has 2 aromatic carbocycles. The molecule has 0 bridgehead atoms. The lowest BCUT2D eigenvalue weighted by Crippen LogP contribution is -2.09. The molecule has 0 aliphatic carbocycles. The maximum atomic E-state index is 12.6. The van der Waals surface area contributed by atoms with Gasteiger partial charge in [0, 0.05) is 21.4 Å². The van der Waals surface area contributed by atoms with E-state index in [1.165, 1.54) is 17.5 Å². The van der Waals surface area contributed by atoms with Crippen molar-refractivity contribution in [2.24, 2.45) is 0 Å². The number of anilines is 1. The van der Waals surface area contributed by atoms with Crippen molar-refractivity contribution in [1.29, 1.82) is 5.26 Å². The maximum Gasteiger partial charge on any atom is 0.345 e. The number of esters is 1. The van der Waals surface area contributed by atoms with Crippen LogP contribution in [0.25, 0.3) is 27.8 Å². The van der Waals surface area contributed by atoms with Gasteiger partial charge in [0.1, 0.15) is 22.2 Å². The highest BCUT2D eigenvalue weighted by Crippen LogP contribution is 2.28. The number of para-hydroxylation sites is 1. The van der Waals surface area contributed by atoms with E-state index < -0.39 is 11.6 Å². The van der Waals surface area contributed by atoms with Crippen LogP contribution in [0.2, 0.25) is 0 Å². The Morgan fingerprint density at radius 1 is 1.22 bits per heavy atom. The van der Waals surface area contributed by atoms with Gasteiger partial charge < -0.3 is 14.5 Å². The van der Waals surface area contributed by atoms with E-state index in [1.54, 1.807) is 47.8 Å². The summed E-state index contributed by atoms with van der Waals surface area (Å²) in [5.41, 5.74) is 1.86. The van der Waals surface area contributed by atoms with E-state index in [1.807, 2.05) is 6.07 Å². The van der Waals surface area contributed by atoms with Crippen LogP contribution in [0.15, 0.2) is 73.8 Å². The zero-order valence-corrected chi connectivity index (χ0v) is 22.5. The Hall–Kier alpha value is -3.74. The Labute approximate surface area is 226 Å². The van der Waals surface area contributed by atoms with Crippen molar-refractivity contribution < 1.29 is 13.9 Å². The van der Waals surface area contributed by atoms with E-state index >= 15 is 0 Å². The minimum Gasteiger partial charge on any atom is -0.462 e. The van der Waals surface area contributed by atoms with Crippen LogP contribution >= 0.6 is 27.3 Å². The largest absolute Gasteiger partial charge is 0.462 e. The summed E-state index contributed by atoms with van der Waals surface area (Å²) in [6.45, 7) is 2.50. The lowest BCUT2D eigenvalue weighted by Gasteiger charge is -2.09. The first-order chi connectivity index (χ1) is 18.0. The second kappa shape index (κ2) is 12.5. The molecule has 2 heterocycles.